The number of rotatable bonds is 0. The average Bonchev–Trinajstić information content (AvgIpc) is 1.65. The molecule has 10 heavy (non-hydrogen) atoms. The van der Waals surface area contributed by atoms with Crippen molar-refractivity contribution in [2.45, 2.75) is 37.8 Å². The topological polar surface area (TPSA) is 52.0 Å². The second kappa shape index (κ2) is 5.89. The zero-order valence-electron chi connectivity index (χ0n) is 5.82. The van der Waals surface area contributed by atoms with Gasteiger partial charge in [0, 0.05) is 42.1 Å². The second-order valence-electron chi connectivity index (χ2n) is 2.79. The molecule has 4 N–H and O–H groups in total. The molecule has 2 nitrogen and oxygen atoms in total. The van der Waals surface area contributed by atoms with Crippen molar-refractivity contribution in [1.29, 1.82) is 0 Å². The van der Waals surface area contributed by atoms with Crippen LogP contribution in [0.15, 0.2) is 0 Å². The molecule has 0 saturated heterocycles. The van der Waals surface area contributed by atoms with E-state index in [0.29, 0.717) is 0 Å². The van der Waals surface area contributed by atoms with Crippen molar-refractivity contribution in [3.05, 3.63) is 0 Å². The van der Waals surface area contributed by atoms with Gasteiger partial charge in [-0.05, 0) is 12.8 Å². The SMILES string of the molecule is NC1(N)CCCCC1.[Pt].[Pt]. The molecule has 1 rings (SSSR count). The van der Waals surface area contributed by atoms with E-state index in [2.05, 4.69) is 0 Å². The smallest absolute Gasteiger partial charge is 0.0636 e. The van der Waals surface area contributed by atoms with Crippen molar-refractivity contribution >= 4 is 0 Å². The molecule has 0 aromatic heterocycles. The fourth-order valence-corrected chi connectivity index (χ4v) is 1.21. The van der Waals surface area contributed by atoms with Gasteiger partial charge in [0.2, 0.25) is 0 Å². The average molecular weight is 504 g/mol. The quantitative estimate of drug-likeness (QED) is 0.474. The maximum absolute atomic E-state index is 5.66. The number of nitrogens with two attached hydrogens (primary N) is 2. The largest absolute Gasteiger partial charge is 0.313 e. The number of hydrogen-bond acceptors (Lipinski definition) is 2. The Morgan fingerprint density at radius 1 is 0.800 bits per heavy atom. The normalized spacial score (nSPS) is 22.2. The first-order valence-electron chi connectivity index (χ1n) is 3.28. The van der Waals surface area contributed by atoms with Crippen LogP contribution in [-0.2, 0) is 42.1 Å². The van der Waals surface area contributed by atoms with Crippen molar-refractivity contribution in [3.8, 4) is 0 Å². The molecule has 0 spiro atoms. The van der Waals surface area contributed by atoms with Crippen LogP contribution in [0.2, 0.25) is 0 Å². The first kappa shape index (κ1) is 13.9. The van der Waals surface area contributed by atoms with Crippen LogP contribution in [0.4, 0.5) is 0 Å². The first-order valence-corrected chi connectivity index (χ1v) is 3.28. The minimum absolute atomic E-state index is 0. The predicted octanol–water partition coefficient (Wildman–Crippen LogP) is 0.559. The monoisotopic (exact) mass is 504 g/mol. The molecule has 0 aliphatic heterocycles. The maximum atomic E-state index is 5.66. The van der Waals surface area contributed by atoms with E-state index in [1.54, 1.807) is 0 Å². The molecule has 1 fully saturated rings. The maximum Gasteiger partial charge on any atom is 0.0636 e. The van der Waals surface area contributed by atoms with Gasteiger partial charge in [-0.1, -0.05) is 19.3 Å². The Kier molecular flexibility index (Phi) is 8.16. The van der Waals surface area contributed by atoms with Crippen LogP contribution < -0.4 is 11.5 Å². The van der Waals surface area contributed by atoms with Gasteiger partial charge >= 0.3 is 0 Å². The molecule has 0 heterocycles. The summed E-state index contributed by atoms with van der Waals surface area (Å²) < 4.78 is 0. The molecule has 1 aliphatic rings. The van der Waals surface area contributed by atoms with Crippen LogP contribution in [0.25, 0.3) is 0 Å². The van der Waals surface area contributed by atoms with Gasteiger partial charge in [-0.25, -0.2) is 0 Å². The van der Waals surface area contributed by atoms with E-state index < -0.39 is 0 Å². The number of hydrogen-bond donors (Lipinski definition) is 2. The van der Waals surface area contributed by atoms with Crippen LogP contribution in [0, 0.1) is 0 Å². The van der Waals surface area contributed by atoms with Gasteiger partial charge in [-0.3, -0.25) is 0 Å². The van der Waals surface area contributed by atoms with Gasteiger partial charge in [-0.2, -0.15) is 0 Å². The van der Waals surface area contributed by atoms with Crippen LogP contribution in [0.3, 0.4) is 0 Å². The van der Waals surface area contributed by atoms with Gasteiger partial charge in [0.25, 0.3) is 0 Å². The van der Waals surface area contributed by atoms with Gasteiger partial charge in [0.1, 0.15) is 0 Å². The Hall–Kier alpha value is 1.30. The Balaban J connectivity index is 0. The Labute approximate surface area is 91.0 Å². The molecule has 0 amide bonds. The Morgan fingerprint density at radius 2 is 1.20 bits per heavy atom. The van der Waals surface area contributed by atoms with E-state index in [1.165, 1.54) is 19.3 Å². The minimum atomic E-state index is -0.321. The molecule has 0 bridgehead atoms. The van der Waals surface area contributed by atoms with Crippen LogP contribution in [-0.4, -0.2) is 5.66 Å². The predicted molar refractivity (Wildman–Crippen MR) is 34.2 cm³/mol. The molecule has 0 aromatic carbocycles. The summed E-state index contributed by atoms with van der Waals surface area (Å²) in [6.07, 6.45) is 5.76. The summed E-state index contributed by atoms with van der Waals surface area (Å²) in [6.45, 7) is 0. The zero-order chi connectivity index (χ0) is 6.04. The first-order chi connectivity index (χ1) is 3.71. The summed E-state index contributed by atoms with van der Waals surface area (Å²) in [7, 11) is 0. The molecule has 1 saturated carbocycles. The molecule has 68 valence electrons. The van der Waals surface area contributed by atoms with E-state index in [9.17, 15) is 0 Å². The summed E-state index contributed by atoms with van der Waals surface area (Å²) in [6, 6.07) is 0. The van der Waals surface area contributed by atoms with Gasteiger partial charge in [0.05, 0.1) is 5.66 Å². The Morgan fingerprint density at radius 3 is 1.40 bits per heavy atom. The van der Waals surface area contributed by atoms with Crippen molar-refractivity contribution in [3.63, 3.8) is 0 Å². The van der Waals surface area contributed by atoms with Crippen LogP contribution in [0.1, 0.15) is 32.1 Å². The molecule has 0 atom stereocenters. The van der Waals surface area contributed by atoms with Crippen molar-refractivity contribution in [2.24, 2.45) is 11.5 Å². The molecule has 1 aliphatic carbocycles. The zero-order valence-corrected chi connectivity index (χ0v) is 10.4. The minimum Gasteiger partial charge on any atom is -0.313 e. The van der Waals surface area contributed by atoms with E-state index in [4.69, 9.17) is 11.5 Å². The van der Waals surface area contributed by atoms with Gasteiger partial charge in [-0.15, -0.1) is 0 Å². The molecule has 4 heteroatoms. The van der Waals surface area contributed by atoms with E-state index in [0.717, 1.165) is 12.8 Å². The molecule has 0 aromatic rings. The van der Waals surface area contributed by atoms with Crippen LogP contribution in [0.5, 0.6) is 0 Å². The summed E-state index contributed by atoms with van der Waals surface area (Å²) >= 11 is 0. The summed E-state index contributed by atoms with van der Waals surface area (Å²) in [5, 5.41) is 0. The third kappa shape index (κ3) is 5.01. The fourth-order valence-electron chi connectivity index (χ4n) is 1.21. The Bertz CT molecular complexity index is 77.8. The summed E-state index contributed by atoms with van der Waals surface area (Å²) in [4.78, 5) is 0. The standard InChI is InChI=1S/C6H14N2.2Pt/c7-6(8)4-2-1-3-5-6;;/h1-5,7-8H2;;. The van der Waals surface area contributed by atoms with Crippen LogP contribution >= 0.6 is 0 Å². The summed E-state index contributed by atoms with van der Waals surface area (Å²) in [5.74, 6) is 0. The third-order valence-corrected chi connectivity index (χ3v) is 1.78. The molecular formula is C6H14N2Pt2. The fraction of sp³-hybridized carbons (Fsp3) is 1.00. The van der Waals surface area contributed by atoms with Crippen molar-refractivity contribution < 1.29 is 42.1 Å². The van der Waals surface area contributed by atoms with E-state index >= 15 is 0 Å². The summed E-state index contributed by atoms with van der Waals surface area (Å²) in [5.41, 5.74) is 11.0. The van der Waals surface area contributed by atoms with Gasteiger partial charge in [0.15, 0.2) is 0 Å². The van der Waals surface area contributed by atoms with E-state index in [-0.39, 0.29) is 47.8 Å². The molecule has 0 unspecified atom stereocenters. The van der Waals surface area contributed by atoms with Gasteiger partial charge < -0.3 is 11.5 Å². The third-order valence-electron chi connectivity index (χ3n) is 1.78. The van der Waals surface area contributed by atoms with E-state index in [1.807, 2.05) is 0 Å². The second-order valence-corrected chi connectivity index (χ2v) is 2.79. The molecular weight excluding hydrogens is 490 g/mol. The van der Waals surface area contributed by atoms with Crippen molar-refractivity contribution in [2.75, 3.05) is 0 Å². The molecule has 0 radical (unpaired) electrons. The van der Waals surface area contributed by atoms with Crippen molar-refractivity contribution in [1.82, 2.24) is 0 Å².